The van der Waals surface area contributed by atoms with Crippen LogP contribution in [0.25, 0.3) is 0 Å². The number of benzene rings is 2. The van der Waals surface area contributed by atoms with Crippen molar-refractivity contribution < 1.29 is 4.74 Å². The number of hydrogen-bond donors (Lipinski definition) is 1. The van der Waals surface area contributed by atoms with Gasteiger partial charge in [-0.3, -0.25) is 0 Å². The van der Waals surface area contributed by atoms with Gasteiger partial charge in [0.05, 0.1) is 5.69 Å². The second-order valence-corrected chi connectivity index (χ2v) is 4.86. The maximum Gasteiger partial charge on any atom is 0.153 e. The Labute approximate surface area is 110 Å². The van der Waals surface area contributed by atoms with Gasteiger partial charge in [-0.15, -0.1) is 0 Å². The summed E-state index contributed by atoms with van der Waals surface area (Å²) in [4.78, 5) is 0. The molecular formula is C14H14BrNO. The molecule has 0 bridgehead atoms. The molecule has 0 spiro atoms. The quantitative estimate of drug-likeness (QED) is 0.830. The highest BCUT2D eigenvalue weighted by Gasteiger charge is 2.06. The van der Waals surface area contributed by atoms with Crippen molar-refractivity contribution in [1.29, 1.82) is 0 Å². The first-order chi connectivity index (χ1) is 8.08. The van der Waals surface area contributed by atoms with Crippen molar-refractivity contribution in [3.63, 3.8) is 0 Å². The van der Waals surface area contributed by atoms with Crippen LogP contribution in [-0.4, -0.2) is 0 Å². The van der Waals surface area contributed by atoms with Gasteiger partial charge in [0.1, 0.15) is 5.75 Å². The van der Waals surface area contributed by atoms with Crippen molar-refractivity contribution in [2.75, 3.05) is 5.73 Å². The van der Waals surface area contributed by atoms with Gasteiger partial charge in [0, 0.05) is 4.47 Å². The van der Waals surface area contributed by atoms with Crippen molar-refractivity contribution in [2.45, 2.75) is 13.8 Å². The fraction of sp³-hybridized carbons (Fsp3) is 0.143. The first-order valence-corrected chi connectivity index (χ1v) is 6.16. The SMILES string of the molecule is Cc1cc(Oc2c(C)cccc2N)ccc1Br. The number of para-hydroxylation sites is 1. The summed E-state index contributed by atoms with van der Waals surface area (Å²) in [5.74, 6) is 1.53. The molecule has 88 valence electrons. The van der Waals surface area contributed by atoms with Crippen LogP contribution in [-0.2, 0) is 0 Å². The highest BCUT2D eigenvalue weighted by molar-refractivity contribution is 9.10. The third-order valence-corrected chi connectivity index (χ3v) is 3.48. The third kappa shape index (κ3) is 2.61. The summed E-state index contributed by atoms with van der Waals surface area (Å²) in [5.41, 5.74) is 8.73. The van der Waals surface area contributed by atoms with Crippen molar-refractivity contribution >= 4 is 21.6 Å². The first-order valence-electron chi connectivity index (χ1n) is 5.37. The van der Waals surface area contributed by atoms with Crippen LogP contribution in [0.2, 0.25) is 0 Å². The summed E-state index contributed by atoms with van der Waals surface area (Å²) in [6.07, 6.45) is 0. The van der Waals surface area contributed by atoms with Gasteiger partial charge in [-0.1, -0.05) is 28.1 Å². The molecule has 0 unspecified atom stereocenters. The number of ether oxygens (including phenoxy) is 1. The Morgan fingerprint density at radius 3 is 2.47 bits per heavy atom. The Kier molecular flexibility index (Phi) is 3.38. The smallest absolute Gasteiger partial charge is 0.153 e. The molecule has 0 radical (unpaired) electrons. The standard InChI is InChI=1S/C14H14BrNO/c1-9-4-3-5-13(16)14(9)17-11-6-7-12(15)10(2)8-11/h3-8H,16H2,1-2H3. The number of halogens is 1. The minimum atomic E-state index is 0.658. The first kappa shape index (κ1) is 12.0. The molecule has 0 atom stereocenters. The van der Waals surface area contributed by atoms with E-state index in [4.69, 9.17) is 10.5 Å². The van der Waals surface area contributed by atoms with E-state index in [0.29, 0.717) is 5.69 Å². The summed E-state index contributed by atoms with van der Waals surface area (Å²) < 4.78 is 6.90. The van der Waals surface area contributed by atoms with Crippen molar-refractivity contribution in [1.82, 2.24) is 0 Å². The molecule has 2 N–H and O–H groups in total. The summed E-state index contributed by atoms with van der Waals surface area (Å²) >= 11 is 3.46. The van der Waals surface area contributed by atoms with Gasteiger partial charge in [0.2, 0.25) is 0 Å². The third-order valence-electron chi connectivity index (χ3n) is 2.59. The van der Waals surface area contributed by atoms with Crippen LogP contribution in [0.3, 0.4) is 0 Å². The Morgan fingerprint density at radius 1 is 1.06 bits per heavy atom. The minimum absolute atomic E-state index is 0.658. The average Bonchev–Trinajstić information content (AvgIpc) is 2.28. The molecule has 2 aromatic carbocycles. The van der Waals surface area contributed by atoms with E-state index >= 15 is 0 Å². The zero-order valence-corrected chi connectivity index (χ0v) is 11.4. The normalized spacial score (nSPS) is 10.3. The largest absolute Gasteiger partial charge is 0.455 e. The maximum absolute atomic E-state index is 5.90. The molecule has 3 heteroatoms. The lowest BCUT2D eigenvalue weighted by Gasteiger charge is -2.12. The van der Waals surface area contributed by atoms with E-state index in [-0.39, 0.29) is 0 Å². The molecule has 2 rings (SSSR count). The monoisotopic (exact) mass is 291 g/mol. The number of nitrogens with two attached hydrogens (primary N) is 1. The Balaban J connectivity index is 2.35. The molecule has 0 heterocycles. The van der Waals surface area contributed by atoms with Gasteiger partial charge >= 0.3 is 0 Å². The molecule has 0 aliphatic heterocycles. The van der Waals surface area contributed by atoms with Crippen LogP contribution in [0.5, 0.6) is 11.5 Å². The summed E-state index contributed by atoms with van der Waals surface area (Å²) in [5, 5.41) is 0. The molecule has 0 aliphatic rings. The van der Waals surface area contributed by atoms with Crippen LogP contribution in [0, 0.1) is 13.8 Å². The molecule has 17 heavy (non-hydrogen) atoms. The van der Waals surface area contributed by atoms with E-state index in [9.17, 15) is 0 Å². The van der Waals surface area contributed by atoms with Crippen molar-refractivity contribution in [3.05, 3.63) is 52.0 Å². The zero-order chi connectivity index (χ0) is 12.4. The topological polar surface area (TPSA) is 35.2 Å². The fourth-order valence-electron chi connectivity index (χ4n) is 1.61. The average molecular weight is 292 g/mol. The number of hydrogen-bond acceptors (Lipinski definition) is 2. The van der Waals surface area contributed by atoms with Crippen LogP contribution < -0.4 is 10.5 Å². The number of nitrogen functional groups attached to an aromatic ring is 1. The molecule has 0 saturated carbocycles. The molecule has 0 aliphatic carbocycles. The molecule has 2 aromatic rings. The molecule has 0 aromatic heterocycles. The fourth-order valence-corrected chi connectivity index (χ4v) is 1.86. The van der Waals surface area contributed by atoms with E-state index in [1.807, 2.05) is 50.2 Å². The van der Waals surface area contributed by atoms with E-state index in [1.165, 1.54) is 0 Å². The molecule has 2 nitrogen and oxygen atoms in total. The minimum Gasteiger partial charge on any atom is -0.455 e. The Morgan fingerprint density at radius 2 is 1.82 bits per heavy atom. The Hall–Kier alpha value is -1.48. The predicted octanol–water partition coefficient (Wildman–Crippen LogP) is 4.44. The van der Waals surface area contributed by atoms with E-state index in [2.05, 4.69) is 15.9 Å². The highest BCUT2D eigenvalue weighted by atomic mass is 79.9. The van der Waals surface area contributed by atoms with E-state index in [0.717, 1.165) is 27.1 Å². The number of aryl methyl sites for hydroxylation is 2. The van der Waals surface area contributed by atoms with Crippen molar-refractivity contribution in [3.8, 4) is 11.5 Å². The molecule has 0 fully saturated rings. The van der Waals surface area contributed by atoms with Crippen LogP contribution in [0.15, 0.2) is 40.9 Å². The maximum atomic E-state index is 5.90. The van der Waals surface area contributed by atoms with Gasteiger partial charge in [-0.2, -0.15) is 0 Å². The van der Waals surface area contributed by atoms with E-state index < -0.39 is 0 Å². The van der Waals surface area contributed by atoms with Crippen LogP contribution >= 0.6 is 15.9 Å². The van der Waals surface area contributed by atoms with Gasteiger partial charge in [-0.05, 0) is 49.2 Å². The van der Waals surface area contributed by atoms with Crippen LogP contribution in [0.1, 0.15) is 11.1 Å². The van der Waals surface area contributed by atoms with Crippen molar-refractivity contribution in [2.24, 2.45) is 0 Å². The van der Waals surface area contributed by atoms with Gasteiger partial charge in [-0.25, -0.2) is 0 Å². The summed E-state index contributed by atoms with van der Waals surface area (Å²) in [6, 6.07) is 11.6. The lowest BCUT2D eigenvalue weighted by molar-refractivity contribution is 0.481. The molecule has 0 amide bonds. The molecule has 0 saturated heterocycles. The molecular weight excluding hydrogens is 278 g/mol. The summed E-state index contributed by atoms with van der Waals surface area (Å²) in [6.45, 7) is 4.01. The lowest BCUT2D eigenvalue weighted by Crippen LogP contribution is -1.94. The van der Waals surface area contributed by atoms with Gasteiger partial charge < -0.3 is 10.5 Å². The number of rotatable bonds is 2. The van der Waals surface area contributed by atoms with Crippen LogP contribution in [0.4, 0.5) is 5.69 Å². The predicted molar refractivity (Wildman–Crippen MR) is 74.5 cm³/mol. The van der Waals surface area contributed by atoms with Gasteiger partial charge in [0.15, 0.2) is 5.75 Å². The Bertz CT molecular complexity index is 532. The number of anilines is 1. The second kappa shape index (κ2) is 4.80. The summed E-state index contributed by atoms with van der Waals surface area (Å²) in [7, 11) is 0. The van der Waals surface area contributed by atoms with Gasteiger partial charge in [0.25, 0.3) is 0 Å². The van der Waals surface area contributed by atoms with E-state index in [1.54, 1.807) is 0 Å². The zero-order valence-electron chi connectivity index (χ0n) is 9.83. The second-order valence-electron chi connectivity index (χ2n) is 4.01. The lowest BCUT2D eigenvalue weighted by atomic mass is 10.2. The highest BCUT2D eigenvalue weighted by Crippen LogP contribution is 2.32.